The van der Waals surface area contributed by atoms with Crippen LogP contribution < -0.4 is 0 Å². The van der Waals surface area contributed by atoms with Crippen molar-refractivity contribution in [2.75, 3.05) is 0 Å². The summed E-state index contributed by atoms with van der Waals surface area (Å²) in [5.74, 6) is -0.0494. The Morgan fingerprint density at radius 3 is 2.00 bits per heavy atom. The highest BCUT2D eigenvalue weighted by Gasteiger charge is 2.15. The van der Waals surface area contributed by atoms with Gasteiger partial charge in [0, 0.05) is 0 Å². The molecule has 0 aromatic rings. The molecule has 0 spiro atoms. The maximum Gasteiger partial charge on any atom is 0.174 e. The van der Waals surface area contributed by atoms with Gasteiger partial charge in [0.25, 0.3) is 0 Å². The molecule has 0 amide bonds. The minimum atomic E-state index is -0.558. The Kier molecular flexibility index (Phi) is 4.30. The zero-order chi connectivity index (χ0) is 6.73. The molecule has 0 aliphatic heterocycles. The van der Waals surface area contributed by atoms with Crippen LogP contribution in [0.5, 0.6) is 0 Å². The summed E-state index contributed by atoms with van der Waals surface area (Å²) in [6, 6.07) is 0. The van der Waals surface area contributed by atoms with E-state index in [0.717, 1.165) is 0 Å². The van der Waals surface area contributed by atoms with Crippen molar-refractivity contribution in [1.29, 1.82) is 0 Å². The third-order valence-corrected chi connectivity index (χ3v) is 1.72. The molecule has 0 rings (SSSR count). The fraction of sp³-hybridized carbons (Fsp3) is 0.750. The van der Waals surface area contributed by atoms with E-state index in [0.29, 0.717) is 0 Å². The molecule has 0 bridgehead atoms. The summed E-state index contributed by atoms with van der Waals surface area (Å²) < 4.78 is -0.558. The number of alkyl halides is 3. The summed E-state index contributed by atoms with van der Waals surface area (Å²) in [7, 11) is 0. The lowest BCUT2D eigenvalue weighted by Gasteiger charge is -2.00. The molecule has 0 radical (unpaired) electrons. The number of rotatable bonds is 2. The minimum absolute atomic E-state index is 0.0494. The fourth-order valence-corrected chi connectivity index (χ4v) is 1.53. The molecule has 0 aliphatic carbocycles. The van der Waals surface area contributed by atoms with Gasteiger partial charge >= 0.3 is 0 Å². The molecule has 0 fully saturated rings. The van der Waals surface area contributed by atoms with Gasteiger partial charge in [-0.25, -0.2) is 0 Å². The highest BCUT2D eigenvalue weighted by Crippen LogP contribution is 2.12. The summed E-state index contributed by atoms with van der Waals surface area (Å²) >= 11 is 11.4. The molecule has 0 aromatic heterocycles. The molecule has 8 heavy (non-hydrogen) atoms. The second-order valence-electron chi connectivity index (χ2n) is 1.32. The average molecular weight is 264 g/mol. The predicted molar refractivity (Wildman–Crippen MR) is 42.0 cm³/mol. The van der Waals surface area contributed by atoms with Crippen molar-refractivity contribution in [3.8, 4) is 0 Å². The molecule has 0 saturated heterocycles. The molecule has 2 unspecified atom stereocenters. The summed E-state index contributed by atoms with van der Waals surface area (Å²) in [6.07, 6.45) is 0. The first-order valence-corrected chi connectivity index (χ1v) is 4.28. The Bertz CT molecular complexity index is 82.0. The Hall–Kier alpha value is 0.920. The van der Waals surface area contributed by atoms with E-state index in [1.54, 1.807) is 6.92 Å². The zero-order valence-electron chi connectivity index (χ0n) is 4.20. The normalized spacial score (nSPS) is 17.5. The smallest absolute Gasteiger partial charge is 0.174 e. The Morgan fingerprint density at radius 2 is 2.00 bits per heavy atom. The molecule has 0 saturated carbocycles. The van der Waals surface area contributed by atoms with Crippen LogP contribution in [-0.4, -0.2) is 14.9 Å². The number of ketones is 1. The lowest BCUT2D eigenvalue weighted by atomic mass is 10.3. The van der Waals surface area contributed by atoms with Crippen LogP contribution >= 0.6 is 43.5 Å². The number of carbonyl (C=O) groups excluding carboxylic acids is 1. The van der Waals surface area contributed by atoms with Gasteiger partial charge in [-0.15, -0.1) is 11.6 Å². The Morgan fingerprint density at radius 1 is 1.62 bits per heavy atom. The van der Waals surface area contributed by atoms with Gasteiger partial charge in [0.05, 0.1) is 4.83 Å². The third-order valence-electron chi connectivity index (χ3n) is 0.607. The van der Waals surface area contributed by atoms with Crippen LogP contribution in [-0.2, 0) is 4.79 Å². The number of hydrogen-bond acceptors (Lipinski definition) is 1. The zero-order valence-corrected chi connectivity index (χ0v) is 8.12. The second-order valence-corrected chi connectivity index (χ2v) is 4.57. The van der Waals surface area contributed by atoms with E-state index in [9.17, 15) is 4.79 Å². The van der Waals surface area contributed by atoms with Gasteiger partial charge in [0.15, 0.2) is 5.78 Å². The fourth-order valence-electron chi connectivity index (χ4n) is 0.174. The molecule has 0 aliphatic rings. The summed E-state index contributed by atoms with van der Waals surface area (Å²) in [5, 5.41) is 0. The second kappa shape index (κ2) is 3.85. The maximum absolute atomic E-state index is 10.6. The summed E-state index contributed by atoms with van der Waals surface area (Å²) in [6.45, 7) is 1.74. The van der Waals surface area contributed by atoms with Crippen molar-refractivity contribution >= 4 is 49.2 Å². The maximum atomic E-state index is 10.6. The topological polar surface area (TPSA) is 17.1 Å². The largest absolute Gasteiger partial charge is 0.296 e. The van der Waals surface area contributed by atoms with Crippen molar-refractivity contribution in [1.82, 2.24) is 0 Å². The SMILES string of the molecule is CC(Br)C(=O)C(Cl)Br. The summed E-state index contributed by atoms with van der Waals surface area (Å²) in [5.41, 5.74) is 0. The standard InChI is InChI=1S/C4H5Br2ClO/c1-2(5)3(8)4(6)7/h2,4H,1H3. The number of carbonyl (C=O) groups is 1. The average Bonchev–Trinajstić information content (AvgIpc) is 1.64. The van der Waals surface area contributed by atoms with Crippen LogP contribution in [0.4, 0.5) is 0 Å². The minimum Gasteiger partial charge on any atom is -0.296 e. The van der Waals surface area contributed by atoms with Crippen LogP contribution in [0.25, 0.3) is 0 Å². The van der Waals surface area contributed by atoms with Crippen molar-refractivity contribution in [2.24, 2.45) is 0 Å². The van der Waals surface area contributed by atoms with Crippen LogP contribution in [0.1, 0.15) is 6.92 Å². The summed E-state index contributed by atoms with van der Waals surface area (Å²) in [4.78, 5) is 10.5. The first-order chi connectivity index (χ1) is 3.55. The van der Waals surface area contributed by atoms with Crippen molar-refractivity contribution < 1.29 is 4.79 Å². The van der Waals surface area contributed by atoms with Gasteiger partial charge < -0.3 is 0 Å². The van der Waals surface area contributed by atoms with Crippen LogP contribution in [0.3, 0.4) is 0 Å². The number of halogens is 3. The number of Topliss-reactive ketones (excluding diaryl/α,β-unsaturated/α-hetero) is 1. The predicted octanol–water partition coefficient (Wildman–Crippen LogP) is 2.30. The van der Waals surface area contributed by atoms with Crippen molar-refractivity contribution in [3.05, 3.63) is 0 Å². The van der Waals surface area contributed by atoms with Crippen LogP contribution in [0.2, 0.25) is 0 Å². The third kappa shape index (κ3) is 3.05. The van der Waals surface area contributed by atoms with E-state index in [1.807, 2.05) is 0 Å². The van der Waals surface area contributed by atoms with E-state index < -0.39 is 4.29 Å². The van der Waals surface area contributed by atoms with E-state index in [2.05, 4.69) is 31.9 Å². The molecule has 1 nitrogen and oxygen atoms in total. The van der Waals surface area contributed by atoms with Gasteiger partial charge in [-0.1, -0.05) is 31.9 Å². The van der Waals surface area contributed by atoms with Crippen molar-refractivity contribution in [2.45, 2.75) is 16.0 Å². The van der Waals surface area contributed by atoms with Crippen LogP contribution in [0, 0.1) is 0 Å². The lowest BCUT2D eigenvalue weighted by Crippen LogP contribution is -2.16. The molecule has 0 aromatic carbocycles. The lowest BCUT2D eigenvalue weighted by molar-refractivity contribution is -0.116. The van der Waals surface area contributed by atoms with E-state index in [-0.39, 0.29) is 10.6 Å². The Labute approximate surface area is 70.0 Å². The molecule has 4 heteroatoms. The van der Waals surface area contributed by atoms with E-state index in [4.69, 9.17) is 11.6 Å². The first-order valence-electron chi connectivity index (χ1n) is 2.01. The van der Waals surface area contributed by atoms with E-state index >= 15 is 0 Å². The van der Waals surface area contributed by atoms with Gasteiger partial charge in [-0.3, -0.25) is 4.79 Å². The van der Waals surface area contributed by atoms with Gasteiger partial charge in [0.2, 0.25) is 0 Å². The van der Waals surface area contributed by atoms with Crippen LogP contribution in [0.15, 0.2) is 0 Å². The van der Waals surface area contributed by atoms with E-state index in [1.165, 1.54) is 0 Å². The Balaban J connectivity index is 3.65. The molecule has 48 valence electrons. The van der Waals surface area contributed by atoms with Gasteiger partial charge in [-0.05, 0) is 6.92 Å². The molecule has 2 atom stereocenters. The molecular formula is C4H5Br2ClO. The molecular weight excluding hydrogens is 259 g/mol. The number of hydrogen-bond donors (Lipinski definition) is 0. The van der Waals surface area contributed by atoms with Crippen molar-refractivity contribution in [3.63, 3.8) is 0 Å². The highest BCUT2D eigenvalue weighted by molar-refractivity contribution is 9.11. The quantitative estimate of drug-likeness (QED) is 0.699. The monoisotopic (exact) mass is 262 g/mol. The molecule has 0 heterocycles. The van der Waals surface area contributed by atoms with Gasteiger partial charge in [0.1, 0.15) is 4.29 Å². The molecule has 0 N–H and O–H groups in total. The highest BCUT2D eigenvalue weighted by atomic mass is 79.9. The first kappa shape index (κ1) is 8.92. The van der Waals surface area contributed by atoms with Gasteiger partial charge in [-0.2, -0.15) is 0 Å².